The van der Waals surface area contributed by atoms with E-state index in [1.807, 2.05) is 44.2 Å². The first-order valence-electron chi connectivity index (χ1n) is 8.93. The lowest BCUT2D eigenvalue weighted by Crippen LogP contribution is -2.45. The van der Waals surface area contributed by atoms with Crippen molar-refractivity contribution < 1.29 is 9.53 Å². The zero-order valence-corrected chi connectivity index (χ0v) is 14.9. The van der Waals surface area contributed by atoms with Crippen molar-refractivity contribution >= 4 is 5.97 Å². The maximum atomic E-state index is 12.4. The summed E-state index contributed by atoms with van der Waals surface area (Å²) in [4.78, 5) is 14.7. The first kappa shape index (κ1) is 17.6. The van der Waals surface area contributed by atoms with Crippen LogP contribution in [0.4, 0.5) is 0 Å². The first-order chi connectivity index (χ1) is 12.1. The van der Waals surface area contributed by atoms with Crippen LogP contribution in [-0.2, 0) is 11.3 Å². The van der Waals surface area contributed by atoms with E-state index in [1.165, 1.54) is 5.56 Å². The Morgan fingerprint density at radius 1 is 1.16 bits per heavy atom. The van der Waals surface area contributed by atoms with Crippen molar-refractivity contribution in [2.45, 2.75) is 32.5 Å². The van der Waals surface area contributed by atoms with E-state index in [9.17, 15) is 4.79 Å². The molecule has 2 aromatic carbocycles. The van der Waals surface area contributed by atoms with Crippen LogP contribution in [-0.4, -0.2) is 36.6 Å². The predicted molar refractivity (Wildman–Crippen MR) is 99.5 cm³/mol. The largest absolute Gasteiger partial charge is 0.459 e. The number of hydrogen-bond donors (Lipinski definition) is 1. The number of ether oxygens (including phenoxy) is 1. The van der Waals surface area contributed by atoms with E-state index >= 15 is 0 Å². The number of carbonyl (C=O) groups excluding carboxylic acids is 1. The number of nitrogens with one attached hydrogen (secondary N) is 1. The van der Waals surface area contributed by atoms with Crippen LogP contribution in [0.25, 0.3) is 0 Å². The predicted octanol–water partition coefficient (Wildman–Crippen LogP) is 3.40. The lowest BCUT2D eigenvalue weighted by molar-refractivity contribution is 0.0375. The fourth-order valence-electron chi connectivity index (χ4n) is 3.24. The van der Waals surface area contributed by atoms with Gasteiger partial charge in [0, 0.05) is 32.2 Å². The molecule has 4 nitrogen and oxygen atoms in total. The maximum absolute atomic E-state index is 12.4. The van der Waals surface area contributed by atoms with Crippen molar-refractivity contribution in [1.29, 1.82) is 0 Å². The van der Waals surface area contributed by atoms with Crippen molar-refractivity contribution in [1.82, 2.24) is 10.2 Å². The van der Waals surface area contributed by atoms with Gasteiger partial charge in [0.05, 0.1) is 11.7 Å². The quantitative estimate of drug-likeness (QED) is 0.849. The van der Waals surface area contributed by atoms with Crippen molar-refractivity contribution in [3.05, 3.63) is 71.3 Å². The monoisotopic (exact) mass is 338 g/mol. The minimum absolute atomic E-state index is 0.109. The maximum Gasteiger partial charge on any atom is 0.338 e. The first-order valence-corrected chi connectivity index (χ1v) is 8.93. The summed E-state index contributed by atoms with van der Waals surface area (Å²) < 4.78 is 5.39. The highest BCUT2D eigenvalue weighted by Gasteiger charge is 2.22. The number of hydrogen-bond acceptors (Lipinski definition) is 4. The molecule has 1 aliphatic heterocycles. The van der Waals surface area contributed by atoms with Crippen molar-refractivity contribution in [3.63, 3.8) is 0 Å². The summed E-state index contributed by atoms with van der Waals surface area (Å²) in [6.45, 7) is 7.35. The molecule has 0 radical (unpaired) electrons. The van der Waals surface area contributed by atoms with Gasteiger partial charge in [-0.15, -0.1) is 0 Å². The Hall–Kier alpha value is -2.17. The molecule has 1 atom stereocenters. The normalized spacial score (nSPS) is 18.3. The highest BCUT2D eigenvalue weighted by atomic mass is 16.5. The topological polar surface area (TPSA) is 41.6 Å². The molecule has 4 heteroatoms. The van der Waals surface area contributed by atoms with Gasteiger partial charge in [-0.2, -0.15) is 0 Å². The Balaban J connectivity index is 1.71. The van der Waals surface area contributed by atoms with Crippen molar-refractivity contribution in [3.8, 4) is 0 Å². The zero-order chi connectivity index (χ0) is 17.6. The summed E-state index contributed by atoms with van der Waals surface area (Å²) in [6, 6.07) is 18.6. The van der Waals surface area contributed by atoms with Crippen LogP contribution in [0.5, 0.6) is 0 Å². The summed E-state index contributed by atoms with van der Waals surface area (Å²) in [6.07, 6.45) is -0.109. The molecule has 0 aromatic heterocycles. The molecule has 0 spiro atoms. The number of esters is 1. The second-order valence-electron chi connectivity index (χ2n) is 6.76. The molecule has 1 unspecified atom stereocenters. The van der Waals surface area contributed by atoms with E-state index in [2.05, 4.69) is 34.5 Å². The Morgan fingerprint density at radius 2 is 1.88 bits per heavy atom. The summed E-state index contributed by atoms with van der Waals surface area (Å²) in [5.74, 6) is -0.236. The fourth-order valence-corrected chi connectivity index (χ4v) is 3.24. The average molecular weight is 338 g/mol. The average Bonchev–Trinajstić information content (AvgIpc) is 2.62. The standard InChI is InChI=1S/C21H26N2O2/c1-16(2)25-21(24)19-11-7-6-10-18(19)14-23-13-12-22-20(15-23)17-8-4-3-5-9-17/h3-11,16,20,22H,12-15H2,1-2H3. The third kappa shape index (κ3) is 4.68. The highest BCUT2D eigenvalue weighted by Crippen LogP contribution is 2.20. The molecule has 1 heterocycles. The third-order valence-electron chi connectivity index (χ3n) is 4.44. The van der Waals surface area contributed by atoms with Gasteiger partial charge in [0.15, 0.2) is 0 Å². The molecule has 1 fully saturated rings. The van der Waals surface area contributed by atoms with E-state index in [-0.39, 0.29) is 12.1 Å². The van der Waals surface area contributed by atoms with E-state index < -0.39 is 0 Å². The second kappa shape index (κ2) is 8.28. The SMILES string of the molecule is CC(C)OC(=O)c1ccccc1CN1CCNC(c2ccccc2)C1. The van der Waals surface area contributed by atoms with Gasteiger partial charge in [0.2, 0.25) is 0 Å². The Morgan fingerprint density at radius 3 is 2.64 bits per heavy atom. The fraction of sp³-hybridized carbons (Fsp3) is 0.381. The second-order valence-corrected chi connectivity index (χ2v) is 6.76. The van der Waals surface area contributed by atoms with Gasteiger partial charge < -0.3 is 10.1 Å². The minimum atomic E-state index is -0.236. The molecule has 3 rings (SSSR count). The van der Waals surface area contributed by atoms with Crippen LogP contribution in [0.3, 0.4) is 0 Å². The van der Waals surface area contributed by atoms with Gasteiger partial charge in [0.1, 0.15) is 0 Å². The molecule has 0 amide bonds. The molecule has 1 aliphatic rings. The molecular weight excluding hydrogens is 312 g/mol. The third-order valence-corrected chi connectivity index (χ3v) is 4.44. The van der Waals surface area contributed by atoms with Gasteiger partial charge >= 0.3 is 5.97 Å². The molecule has 2 aromatic rings. The molecule has 1 saturated heterocycles. The number of benzene rings is 2. The van der Waals surface area contributed by atoms with E-state index in [0.717, 1.165) is 31.7 Å². The van der Waals surface area contributed by atoms with Crippen LogP contribution in [0, 0.1) is 0 Å². The Bertz CT molecular complexity index is 700. The molecule has 25 heavy (non-hydrogen) atoms. The zero-order valence-electron chi connectivity index (χ0n) is 14.9. The molecular formula is C21H26N2O2. The van der Waals surface area contributed by atoms with Crippen LogP contribution in [0.15, 0.2) is 54.6 Å². The lowest BCUT2D eigenvalue weighted by Gasteiger charge is -2.34. The summed E-state index contributed by atoms with van der Waals surface area (Å²) in [5.41, 5.74) is 3.01. The van der Waals surface area contributed by atoms with Crippen LogP contribution < -0.4 is 5.32 Å². The molecule has 1 N–H and O–H groups in total. The highest BCUT2D eigenvalue weighted by molar-refractivity contribution is 5.91. The van der Waals surface area contributed by atoms with Crippen molar-refractivity contribution in [2.75, 3.05) is 19.6 Å². The van der Waals surface area contributed by atoms with Crippen LogP contribution in [0.1, 0.15) is 41.4 Å². The smallest absolute Gasteiger partial charge is 0.338 e. The van der Waals surface area contributed by atoms with Gasteiger partial charge in [0.25, 0.3) is 0 Å². The number of rotatable bonds is 5. The molecule has 0 bridgehead atoms. The van der Waals surface area contributed by atoms with Crippen LogP contribution >= 0.6 is 0 Å². The van der Waals surface area contributed by atoms with E-state index in [4.69, 9.17) is 4.74 Å². The van der Waals surface area contributed by atoms with Gasteiger partial charge in [-0.1, -0.05) is 48.5 Å². The lowest BCUT2D eigenvalue weighted by atomic mass is 10.0. The molecule has 0 saturated carbocycles. The molecule has 132 valence electrons. The van der Waals surface area contributed by atoms with Gasteiger partial charge in [-0.3, -0.25) is 4.90 Å². The summed E-state index contributed by atoms with van der Waals surface area (Å²) >= 11 is 0. The van der Waals surface area contributed by atoms with Gasteiger partial charge in [-0.05, 0) is 31.0 Å². The minimum Gasteiger partial charge on any atom is -0.459 e. The Labute approximate surface area is 149 Å². The van der Waals surface area contributed by atoms with Crippen molar-refractivity contribution in [2.24, 2.45) is 0 Å². The Kier molecular flexibility index (Phi) is 5.84. The number of carbonyl (C=O) groups is 1. The van der Waals surface area contributed by atoms with Gasteiger partial charge in [-0.25, -0.2) is 4.79 Å². The number of piperazine rings is 1. The summed E-state index contributed by atoms with van der Waals surface area (Å²) in [5, 5.41) is 3.58. The van der Waals surface area contributed by atoms with Crippen LogP contribution in [0.2, 0.25) is 0 Å². The molecule has 0 aliphatic carbocycles. The van der Waals surface area contributed by atoms with E-state index in [0.29, 0.717) is 11.6 Å². The summed E-state index contributed by atoms with van der Waals surface area (Å²) in [7, 11) is 0. The van der Waals surface area contributed by atoms with E-state index in [1.54, 1.807) is 0 Å². The number of nitrogens with zero attached hydrogens (tertiary/aromatic N) is 1.